The first-order chi connectivity index (χ1) is 17.8. The zero-order chi connectivity index (χ0) is 26.3. The van der Waals surface area contributed by atoms with Gasteiger partial charge in [0.1, 0.15) is 5.82 Å². The largest absolute Gasteiger partial charge is 0.481 e. The minimum absolute atomic E-state index is 0.0303. The van der Waals surface area contributed by atoms with Gasteiger partial charge >= 0.3 is 12.1 Å². The number of amides is 1. The van der Waals surface area contributed by atoms with Crippen molar-refractivity contribution in [1.82, 2.24) is 19.5 Å². The Bertz CT molecular complexity index is 1330. The molecule has 0 saturated heterocycles. The molecule has 9 heteroatoms. The van der Waals surface area contributed by atoms with E-state index in [4.69, 9.17) is 14.7 Å². The number of rotatable bonds is 5. The van der Waals surface area contributed by atoms with Crippen molar-refractivity contribution in [2.75, 3.05) is 12.0 Å². The summed E-state index contributed by atoms with van der Waals surface area (Å²) < 4.78 is 7.33. The molecule has 5 rings (SSSR count). The number of carbonyl (C=O) groups is 2. The minimum atomic E-state index is -0.730. The van der Waals surface area contributed by atoms with E-state index < -0.39 is 5.97 Å². The molecule has 37 heavy (non-hydrogen) atoms. The van der Waals surface area contributed by atoms with Crippen molar-refractivity contribution >= 4 is 28.8 Å². The highest BCUT2D eigenvalue weighted by Crippen LogP contribution is 2.40. The van der Waals surface area contributed by atoms with Gasteiger partial charge in [-0.15, -0.1) is 0 Å². The Labute approximate surface area is 216 Å². The van der Waals surface area contributed by atoms with E-state index in [1.165, 1.54) is 7.11 Å². The molecular weight excluding hydrogens is 470 g/mol. The van der Waals surface area contributed by atoms with Gasteiger partial charge in [-0.2, -0.15) is 0 Å². The van der Waals surface area contributed by atoms with Crippen molar-refractivity contribution in [3.8, 4) is 0 Å². The van der Waals surface area contributed by atoms with Crippen LogP contribution in [0.3, 0.4) is 0 Å². The number of carboxylic acids is 1. The van der Waals surface area contributed by atoms with Crippen LogP contribution in [0.5, 0.6) is 0 Å². The monoisotopic (exact) mass is 505 g/mol. The zero-order valence-electron chi connectivity index (χ0n) is 22.0. The molecule has 3 heterocycles. The Hall–Kier alpha value is -3.49. The maximum atomic E-state index is 12.6. The number of aryl methyl sites for hydroxylation is 1. The van der Waals surface area contributed by atoms with Crippen molar-refractivity contribution in [2.45, 2.75) is 83.7 Å². The van der Waals surface area contributed by atoms with Crippen LogP contribution in [0.15, 0.2) is 24.5 Å². The van der Waals surface area contributed by atoms with Crippen LogP contribution >= 0.6 is 0 Å². The molecule has 1 aromatic carbocycles. The molecule has 1 saturated carbocycles. The lowest BCUT2D eigenvalue weighted by molar-refractivity contribution is -0.143. The van der Waals surface area contributed by atoms with Gasteiger partial charge in [0.05, 0.1) is 41.1 Å². The van der Waals surface area contributed by atoms with E-state index in [0.717, 1.165) is 65.2 Å². The van der Waals surface area contributed by atoms with E-state index in [9.17, 15) is 14.7 Å². The molecule has 1 amide bonds. The average Bonchev–Trinajstić information content (AvgIpc) is 3.26. The fourth-order valence-electron chi connectivity index (χ4n) is 5.93. The molecule has 0 radical (unpaired) electrons. The summed E-state index contributed by atoms with van der Waals surface area (Å²) in [6, 6.07) is 4.08. The molecule has 3 aromatic rings. The van der Waals surface area contributed by atoms with Crippen LogP contribution in [0.2, 0.25) is 0 Å². The predicted molar refractivity (Wildman–Crippen MR) is 140 cm³/mol. The molecule has 1 unspecified atom stereocenters. The third-order valence-corrected chi connectivity index (χ3v) is 7.89. The topological polar surface area (TPSA) is 110 Å². The Balaban J connectivity index is 1.65. The van der Waals surface area contributed by atoms with Crippen LogP contribution < -0.4 is 4.90 Å². The Morgan fingerprint density at radius 3 is 2.70 bits per heavy atom. The van der Waals surface area contributed by atoms with E-state index in [-0.39, 0.29) is 30.0 Å². The van der Waals surface area contributed by atoms with Gasteiger partial charge in [-0.1, -0.05) is 20.3 Å². The number of aromatic nitrogens is 4. The second-order valence-corrected chi connectivity index (χ2v) is 10.7. The first kappa shape index (κ1) is 25.2. The van der Waals surface area contributed by atoms with Crippen molar-refractivity contribution in [2.24, 2.45) is 5.92 Å². The van der Waals surface area contributed by atoms with Gasteiger partial charge in [0.25, 0.3) is 0 Å². The lowest BCUT2D eigenvalue weighted by Gasteiger charge is -2.34. The molecular formula is C28H35N5O4. The number of imidazole rings is 1. The summed E-state index contributed by atoms with van der Waals surface area (Å²) >= 11 is 0. The summed E-state index contributed by atoms with van der Waals surface area (Å²) in [4.78, 5) is 40.6. The molecule has 0 spiro atoms. The summed E-state index contributed by atoms with van der Waals surface area (Å²) in [6.07, 6.45) is 8.39. The number of methoxy groups -OCH3 is 1. The molecule has 0 bridgehead atoms. The first-order valence-electron chi connectivity index (χ1n) is 13.2. The zero-order valence-corrected chi connectivity index (χ0v) is 22.0. The molecule has 2 aliphatic rings. The SMILES string of the molecule is COC(=O)N1c2ccc3c(nc(Cc4cncc(C(C)C)n4)n3[C@@H]3CCC[C@@H](C(=O)O)C3)c2CCC1C. The van der Waals surface area contributed by atoms with E-state index in [1.807, 2.05) is 19.1 Å². The number of hydrogen-bond donors (Lipinski definition) is 1. The Morgan fingerprint density at radius 2 is 1.97 bits per heavy atom. The van der Waals surface area contributed by atoms with Gasteiger partial charge in [0.2, 0.25) is 0 Å². The molecule has 196 valence electrons. The highest BCUT2D eigenvalue weighted by molar-refractivity contribution is 5.95. The lowest BCUT2D eigenvalue weighted by Crippen LogP contribution is -2.42. The highest BCUT2D eigenvalue weighted by atomic mass is 16.5. The number of carboxylic acid groups (broad SMARTS) is 1. The predicted octanol–water partition coefficient (Wildman–Crippen LogP) is 5.26. The van der Waals surface area contributed by atoms with Crippen LogP contribution in [0, 0.1) is 5.92 Å². The second kappa shape index (κ2) is 10.1. The van der Waals surface area contributed by atoms with Crippen LogP contribution in [0.25, 0.3) is 11.0 Å². The van der Waals surface area contributed by atoms with Gasteiger partial charge in [-0.25, -0.2) is 9.78 Å². The van der Waals surface area contributed by atoms with E-state index in [0.29, 0.717) is 19.3 Å². The smallest absolute Gasteiger partial charge is 0.414 e. The summed E-state index contributed by atoms with van der Waals surface area (Å²) in [5, 5.41) is 9.75. The van der Waals surface area contributed by atoms with Crippen LogP contribution in [-0.4, -0.2) is 49.8 Å². The lowest BCUT2D eigenvalue weighted by atomic mass is 9.85. The molecule has 1 fully saturated rings. The number of anilines is 1. The summed E-state index contributed by atoms with van der Waals surface area (Å²) in [7, 11) is 1.41. The third kappa shape index (κ3) is 4.67. The van der Waals surface area contributed by atoms with Crippen molar-refractivity contribution < 1.29 is 19.4 Å². The molecule has 3 atom stereocenters. The van der Waals surface area contributed by atoms with Crippen molar-refractivity contribution in [1.29, 1.82) is 0 Å². The molecule has 1 N–H and O–H groups in total. The number of benzene rings is 1. The quantitative estimate of drug-likeness (QED) is 0.503. The van der Waals surface area contributed by atoms with Gasteiger partial charge < -0.3 is 14.4 Å². The van der Waals surface area contributed by atoms with E-state index >= 15 is 0 Å². The van der Waals surface area contributed by atoms with Crippen molar-refractivity contribution in [3.63, 3.8) is 0 Å². The molecule has 1 aliphatic carbocycles. The van der Waals surface area contributed by atoms with Gasteiger partial charge in [0.15, 0.2) is 0 Å². The fraction of sp³-hybridized carbons (Fsp3) is 0.536. The number of hydrogen-bond acceptors (Lipinski definition) is 6. The maximum absolute atomic E-state index is 12.6. The molecule has 9 nitrogen and oxygen atoms in total. The van der Waals surface area contributed by atoms with Crippen LogP contribution in [-0.2, 0) is 22.4 Å². The Kier molecular flexibility index (Phi) is 6.88. The highest BCUT2D eigenvalue weighted by Gasteiger charge is 2.34. The summed E-state index contributed by atoms with van der Waals surface area (Å²) in [6.45, 7) is 6.22. The van der Waals surface area contributed by atoms with Crippen molar-refractivity contribution in [3.05, 3.63) is 47.3 Å². The number of fused-ring (bicyclic) bond motifs is 3. The van der Waals surface area contributed by atoms with E-state index in [2.05, 4.69) is 23.4 Å². The normalized spacial score (nSPS) is 21.8. The van der Waals surface area contributed by atoms with E-state index in [1.54, 1.807) is 17.3 Å². The van der Waals surface area contributed by atoms with Crippen LogP contribution in [0.1, 0.15) is 87.6 Å². The maximum Gasteiger partial charge on any atom is 0.414 e. The summed E-state index contributed by atoms with van der Waals surface area (Å²) in [5.41, 5.74) is 5.50. The third-order valence-electron chi connectivity index (χ3n) is 7.89. The average molecular weight is 506 g/mol. The number of aliphatic carboxylic acids is 1. The van der Waals surface area contributed by atoms with Gasteiger partial charge in [-0.05, 0) is 57.1 Å². The number of carbonyl (C=O) groups excluding carboxylic acids is 1. The molecule has 1 aliphatic heterocycles. The van der Waals surface area contributed by atoms with Crippen LogP contribution in [0.4, 0.5) is 10.5 Å². The number of ether oxygens (including phenoxy) is 1. The summed E-state index contributed by atoms with van der Waals surface area (Å²) in [5.74, 6) is 0.0322. The van der Waals surface area contributed by atoms with Gasteiger partial charge in [-0.3, -0.25) is 19.7 Å². The van der Waals surface area contributed by atoms with Gasteiger partial charge in [0, 0.05) is 36.5 Å². The first-order valence-corrected chi connectivity index (χ1v) is 13.2. The molecule has 2 aromatic heterocycles. The Morgan fingerprint density at radius 1 is 1.16 bits per heavy atom. The second-order valence-electron chi connectivity index (χ2n) is 10.7. The standard InChI is InChI=1S/C28H35N5O4/c1-16(2)22-15-29-14-19(30-22)13-25-31-26-21-9-8-17(3)32(28(36)37-4)23(21)10-11-24(26)33(25)20-7-5-6-18(12-20)27(34)35/h10-11,14-18,20H,5-9,12-13H2,1-4H3,(H,34,35)/t17?,18-,20-/m1/s1. The fourth-order valence-corrected chi connectivity index (χ4v) is 5.93. The minimum Gasteiger partial charge on any atom is -0.481 e. The number of nitrogens with zero attached hydrogens (tertiary/aromatic N) is 5.